The summed E-state index contributed by atoms with van der Waals surface area (Å²) >= 11 is 0. The number of carbonyl (C=O) groups excluding carboxylic acids is 1. The Morgan fingerprint density at radius 3 is 2.71 bits per heavy atom. The molecule has 1 N–H and O–H groups in total. The van der Waals surface area contributed by atoms with Crippen molar-refractivity contribution in [3.8, 4) is 0 Å². The third kappa shape index (κ3) is 4.37. The van der Waals surface area contributed by atoms with Gasteiger partial charge in [-0.25, -0.2) is 4.79 Å². The maximum absolute atomic E-state index is 12.7. The molecule has 0 radical (unpaired) electrons. The van der Waals surface area contributed by atoms with E-state index in [0.29, 0.717) is 11.8 Å². The van der Waals surface area contributed by atoms with Crippen molar-refractivity contribution in [2.24, 2.45) is 5.92 Å². The molecule has 2 heterocycles. The van der Waals surface area contributed by atoms with E-state index in [1.54, 1.807) is 0 Å². The molecule has 2 fully saturated rings. The Morgan fingerprint density at radius 2 is 2.07 bits per heavy atom. The van der Waals surface area contributed by atoms with Crippen molar-refractivity contribution >= 4 is 6.03 Å². The SMILES string of the molecule is CCCCN(C)Cc1cn[nH]c1C1CCC2(CC1)CN(C)C(=O)N2CC(C)C. The highest BCUT2D eigenvalue weighted by Crippen LogP contribution is 2.44. The number of urea groups is 1. The van der Waals surface area contributed by atoms with Crippen molar-refractivity contribution in [2.45, 2.75) is 77.3 Å². The second kappa shape index (κ2) is 8.85. The minimum atomic E-state index is 0.0324. The van der Waals surface area contributed by atoms with Gasteiger partial charge in [0.25, 0.3) is 0 Å². The third-order valence-corrected chi connectivity index (χ3v) is 6.62. The molecule has 1 spiro atoms. The topological polar surface area (TPSA) is 55.5 Å². The van der Waals surface area contributed by atoms with Crippen molar-refractivity contribution < 1.29 is 4.79 Å². The number of amides is 2. The van der Waals surface area contributed by atoms with Crippen LogP contribution in [0.2, 0.25) is 0 Å². The van der Waals surface area contributed by atoms with E-state index in [0.717, 1.165) is 51.9 Å². The maximum atomic E-state index is 12.7. The number of rotatable bonds is 8. The highest BCUT2D eigenvalue weighted by atomic mass is 16.2. The first kappa shape index (κ1) is 21.2. The van der Waals surface area contributed by atoms with Gasteiger partial charge in [0.05, 0.1) is 11.7 Å². The molecule has 1 aliphatic carbocycles. The Labute approximate surface area is 170 Å². The molecule has 6 heteroatoms. The fraction of sp³-hybridized carbons (Fsp3) is 0.818. The highest BCUT2D eigenvalue weighted by Gasteiger charge is 2.50. The molecule has 1 aliphatic heterocycles. The summed E-state index contributed by atoms with van der Waals surface area (Å²) in [6, 6.07) is 0.215. The number of hydrogen-bond donors (Lipinski definition) is 1. The van der Waals surface area contributed by atoms with Gasteiger partial charge in [0.15, 0.2) is 0 Å². The summed E-state index contributed by atoms with van der Waals surface area (Å²) in [5.41, 5.74) is 2.70. The van der Waals surface area contributed by atoms with Gasteiger partial charge in [-0.15, -0.1) is 0 Å². The lowest BCUT2D eigenvalue weighted by Crippen LogP contribution is -2.50. The van der Waals surface area contributed by atoms with Crippen LogP contribution in [0.4, 0.5) is 4.79 Å². The normalized spacial score (nSPS) is 25.7. The average molecular weight is 390 g/mol. The van der Waals surface area contributed by atoms with Gasteiger partial charge in [0.2, 0.25) is 0 Å². The Balaban J connectivity index is 1.66. The summed E-state index contributed by atoms with van der Waals surface area (Å²) in [6.45, 7) is 10.5. The fourth-order valence-corrected chi connectivity index (χ4v) is 5.11. The fourth-order valence-electron chi connectivity index (χ4n) is 5.11. The van der Waals surface area contributed by atoms with E-state index < -0.39 is 0 Å². The molecule has 2 amide bonds. The molecule has 28 heavy (non-hydrogen) atoms. The molecular weight excluding hydrogens is 350 g/mol. The standard InChI is InChI=1S/C22H39N5O/c1-6-7-12-25(4)15-19-13-23-24-20(19)18-8-10-22(11-9-18)16-26(5)21(28)27(22)14-17(2)3/h13,17-18H,6-12,14-16H2,1-5H3,(H,23,24). The third-order valence-electron chi connectivity index (χ3n) is 6.62. The van der Waals surface area contributed by atoms with Crippen LogP contribution in [0.25, 0.3) is 0 Å². The van der Waals surface area contributed by atoms with E-state index in [2.05, 4.69) is 47.8 Å². The van der Waals surface area contributed by atoms with Gasteiger partial charge < -0.3 is 14.7 Å². The number of hydrogen-bond acceptors (Lipinski definition) is 3. The van der Waals surface area contributed by atoms with E-state index in [-0.39, 0.29) is 11.6 Å². The molecule has 1 saturated heterocycles. The van der Waals surface area contributed by atoms with E-state index in [9.17, 15) is 4.79 Å². The number of carbonyl (C=O) groups is 1. The van der Waals surface area contributed by atoms with Crippen LogP contribution < -0.4 is 0 Å². The van der Waals surface area contributed by atoms with Crippen molar-refractivity contribution in [3.05, 3.63) is 17.5 Å². The van der Waals surface area contributed by atoms with Crippen LogP contribution in [0.1, 0.15) is 76.5 Å². The second-order valence-corrected chi connectivity index (χ2v) is 9.54. The molecule has 0 atom stereocenters. The van der Waals surface area contributed by atoms with Gasteiger partial charge in [-0.05, 0) is 51.6 Å². The van der Waals surface area contributed by atoms with Crippen LogP contribution in [-0.2, 0) is 6.54 Å². The Bertz CT molecular complexity index is 647. The number of unbranched alkanes of at least 4 members (excludes halogenated alkanes) is 1. The highest BCUT2D eigenvalue weighted by molar-refractivity contribution is 5.78. The Kier molecular flexibility index (Phi) is 6.69. The molecule has 0 bridgehead atoms. The summed E-state index contributed by atoms with van der Waals surface area (Å²) in [7, 11) is 4.15. The zero-order chi connectivity index (χ0) is 20.3. The second-order valence-electron chi connectivity index (χ2n) is 9.54. The predicted molar refractivity (Wildman–Crippen MR) is 113 cm³/mol. The first-order valence-corrected chi connectivity index (χ1v) is 11.1. The lowest BCUT2D eigenvalue weighted by atomic mass is 9.74. The van der Waals surface area contributed by atoms with Crippen molar-refractivity contribution in [2.75, 3.05) is 33.7 Å². The molecule has 2 aliphatic rings. The van der Waals surface area contributed by atoms with Gasteiger partial charge in [-0.3, -0.25) is 5.10 Å². The lowest BCUT2D eigenvalue weighted by Gasteiger charge is -2.43. The molecule has 1 aromatic rings. The van der Waals surface area contributed by atoms with Crippen LogP contribution in [0.5, 0.6) is 0 Å². The largest absolute Gasteiger partial charge is 0.325 e. The minimum Gasteiger partial charge on any atom is -0.325 e. The van der Waals surface area contributed by atoms with Crippen LogP contribution in [0.3, 0.4) is 0 Å². The van der Waals surface area contributed by atoms with Gasteiger partial charge in [-0.2, -0.15) is 5.10 Å². The van der Waals surface area contributed by atoms with Crippen LogP contribution in [-0.4, -0.2) is 70.2 Å². The van der Waals surface area contributed by atoms with Crippen molar-refractivity contribution in [3.63, 3.8) is 0 Å². The molecule has 1 aromatic heterocycles. The summed E-state index contributed by atoms with van der Waals surface area (Å²) in [5.74, 6) is 1.03. The smallest absolute Gasteiger partial charge is 0.320 e. The maximum Gasteiger partial charge on any atom is 0.320 e. The zero-order valence-electron chi connectivity index (χ0n) is 18.5. The van der Waals surface area contributed by atoms with E-state index in [1.807, 2.05) is 18.1 Å². The molecule has 158 valence electrons. The first-order valence-electron chi connectivity index (χ1n) is 11.1. The van der Waals surface area contributed by atoms with Gasteiger partial charge in [-0.1, -0.05) is 27.2 Å². The number of likely N-dealkylation sites (N-methyl/N-ethyl adjacent to an activating group) is 1. The summed E-state index contributed by atoms with van der Waals surface area (Å²) in [6.07, 6.45) is 8.92. The van der Waals surface area contributed by atoms with Gasteiger partial charge in [0.1, 0.15) is 0 Å². The molecule has 3 rings (SSSR count). The molecular formula is C22H39N5O. The Hall–Kier alpha value is -1.56. The summed E-state index contributed by atoms with van der Waals surface area (Å²) < 4.78 is 0. The zero-order valence-corrected chi connectivity index (χ0v) is 18.5. The predicted octanol–water partition coefficient (Wildman–Crippen LogP) is 4.06. The first-order chi connectivity index (χ1) is 13.4. The van der Waals surface area contributed by atoms with Gasteiger partial charge >= 0.3 is 6.03 Å². The number of nitrogens with one attached hydrogen (secondary N) is 1. The van der Waals surface area contributed by atoms with Crippen molar-refractivity contribution in [1.29, 1.82) is 0 Å². The van der Waals surface area contributed by atoms with E-state index in [4.69, 9.17) is 0 Å². The number of aromatic nitrogens is 2. The van der Waals surface area contributed by atoms with Crippen LogP contribution in [0.15, 0.2) is 6.20 Å². The summed E-state index contributed by atoms with van der Waals surface area (Å²) in [5, 5.41) is 7.68. The summed E-state index contributed by atoms with van der Waals surface area (Å²) in [4.78, 5) is 19.2. The lowest BCUT2D eigenvalue weighted by molar-refractivity contribution is 0.102. The van der Waals surface area contributed by atoms with E-state index in [1.165, 1.54) is 24.1 Å². The number of aromatic amines is 1. The minimum absolute atomic E-state index is 0.0324. The molecule has 0 unspecified atom stereocenters. The average Bonchev–Trinajstić information content (AvgIpc) is 3.19. The molecule has 0 aromatic carbocycles. The quantitative estimate of drug-likeness (QED) is 0.729. The number of nitrogens with zero attached hydrogens (tertiary/aromatic N) is 4. The van der Waals surface area contributed by atoms with Crippen molar-refractivity contribution in [1.82, 2.24) is 24.9 Å². The van der Waals surface area contributed by atoms with Crippen LogP contribution >= 0.6 is 0 Å². The van der Waals surface area contributed by atoms with E-state index >= 15 is 0 Å². The monoisotopic (exact) mass is 389 g/mol. The number of H-pyrrole nitrogens is 1. The van der Waals surface area contributed by atoms with Crippen LogP contribution in [0, 0.1) is 5.92 Å². The molecule has 6 nitrogen and oxygen atoms in total. The van der Waals surface area contributed by atoms with Gasteiger partial charge in [0, 0.05) is 43.9 Å². The molecule has 1 saturated carbocycles. The Morgan fingerprint density at radius 1 is 1.36 bits per heavy atom.